The van der Waals surface area contributed by atoms with Crippen molar-refractivity contribution in [3.8, 4) is 11.1 Å². The number of aryl methyl sites for hydroxylation is 1. The molecule has 1 saturated heterocycles. The molecule has 142 valence electrons. The summed E-state index contributed by atoms with van der Waals surface area (Å²) in [5, 5.41) is 8.38. The van der Waals surface area contributed by atoms with Crippen LogP contribution in [0.4, 0.5) is 5.82 Å². The van der Waals surface area contributed by atoms with Crippen molar-refractivity contribution in [2.45, 2.75) is 52.1 Å². The highest BCUT2D eigenvalue weighted by molar-refractivity contribution is 5.81. The Balaban J connectivity index is 1.83. The smallest absolute Gasteiger partial charge is 0.165 e. The lowest BCUT2D eigenvalue weighted by Crippen LogP contribution is -2.21. The first-order valence-corrected chi connectivity index (χ1v) is 9.75. The molecule has 1 atom stereocenters. The molecule has 3 aromatic rings. The average molecular weight is 364 g/mol. The van der Waals surface area contributed by atoms with Crippen LogP contribution < -0.4 is 5.32 Å². The average Bonchev–Trinajstić information content (AvgIpc) is 3.26. The number of rotatable bonds is 4. The largest absolute Gasteiger partial charge is 0.376 e. The Morgan fingerprint density at radius 1 is 1.22 bits per heavy atom. The van der Waals surface area contributed by atoms with E-state index in [0.29, 0.717) is 0 Å². The summed E-state index contributed by atoms with van der Waals surface area (Å²) in [5.41, 5.74) is 5.15. The Morgan fingerprint density at radius 3 is 2.67 bits per heavy atom. The van der Waals surface area contributed by atoms with Gasteiger partial charge in [-0.05, 0) is 25.3 Å². The number of fused-ring (bicyclic) bond motifs is 1. The maximum absolute atomic E-state index is 5.77. The minimum absolute atomic E-state index is 0.0474. The van der Waals surface area contributed by atoms with Crippen LogP contribution in [-0.4, -0.2) is 33.9 Å². The molecule has 0 saturated carbocycles. The zero-order chi connectivity index (χ0) is 19.0. The number of nitrogens with one attached hydrogen (secondary N) is 1. The molecular weight excluding hydrogens is 336 g/mol. The molecule has 5 nitrogen and oxygen atoms in total. The molecular formula is C22H28N4O. The molecule has 1 aromatic carbocycles. The Labute approximate surface area is 160 Å². The molecule has 0 aliphatic carbocycles. The number of hydrogen-bond acceptors (Lipinski definition) is 4. The van der Waals surface area contributed by atoms with Crippen LogP contribution in [0.5, 0.6) is 0 Å². The number of benzene rings is 1. The minimum Gasteiger partial charge on any atom is -0.376 e. The second-order valence-corrected chi connectivity index (χ2v) is 8.35. The minimum atomic E-state index is -0.0474. The molecule has 1 aliphatic heterocycles. The van der Waals surface area contributed by atoms with Crippen molar-refractivity contribution in [1.82, 2.24) is 14.6 Å². The Bertz CT molecular complexity index is 934. The standard InChI is InChI=1S/C22H28N4O/c1-15-20(16-9-6-5-7-10-16)21-24-18(22(2,3)4)13-19(26(21)25-15)23-14-17-11-8-12-27-17/h5-7,9-10,13,17,23H,8,11-12,14H2,1-4H3/t17-/m0/s1. The second kappa shape index (κ2) is 6.97. The van der Waals surface area contributed by atoms with Gasteiger partial charge in [0.15, 0.2) is 5.65 Å². The van der Waals surface area contributed by atoms with Gasteiger partial charge in [0.1, 0.15) is 5.82 Å². The summed E-state index contributed by atoms with van der Waals surface area (Å²) in [6, 6.07) is 12.5. The van der Waals surface area contributed by atoms with Gasteiger partial charge >= 0.3 is 0 Å². The number of aromatic nitrogens is 3. The van der Waals surface area contributed by atoms with Crippen molar-refractivity contribution in [3.63, 3.8) is 0 Å². The van der Waals surface area contributed by atoms with E-state index in [1.165, 1.54) is 0 Å². The van der Waals surface area contributed by atoms with Gasteiger partial charge in [0.2, 0.25) is 0 Å². The number of anilines is 1. The van der Waals surface area contributed by atoms with Crippen LogP contribution >= 0.6 is 0 Å². The van der Waals surface area contributed by atoms with Crippen molar-refractivity contribution in [2.75, 3.05) is 18.5 Å². The van der Waals surface area contributed by atoms with Crippen LogP contribution in [0, 0.1) is 6.92 Å². The highest BCUT2D eigenvalue weighted by Crippen LogP contribution is 2.32. The Kier molecular flexibility index (Phi) is 4.64. The number of nitrogens with zero attached hydrogens (tertiary/aromatic N) is 3. The molecule has 0 unspecified atom stereocenters. The summed E-state index contributed by atoms with van der Waals surface area (Å²) in [7, 11) is 0. The fourth-order valence-electron chi connectivity index (χ4n) is 3.60. The third-order valence-corrected chi connectivity index (χ3v) is 5.13. The number of ether oxygens (including phenoxy) is 1. The van der Waals surface area contributed by atoms with Crippen LogP contribution in [0.25, 0.3) is 16.8 Å². The molecule has 5 heteroatoms. The summed E-state index contributed by atoms with van der Waals surface area (Å²) >= 11 is 0. The molecule has 27 heavy (non-hydrogen) atoms. The fraction of sp³-hybridized carbons (Fsp3) is 0.455. The Morgan fingerprint density at radius 2 is 2.00 bits per heavy atom. The summed E-state index contributed by atoms with van der Waals surface area (Å²) in [6.45, 7) is 10.3. The quantitative estimate of drug-likeness (QED) is 0.735. The van der Waals surface area contributed by atoms with Crippen LogP contribution in [0.3, 0.4) is 0 Å². The summed E-state index contributed by atoms with van der Waals surface area (Å²) in [5.74, 6) is 0.978. The van der Waals surface area contributed by atoms with Crippen LogP contribution in [0.1, 0.15) is 45.0 Å². The maximum Gasteiger partial charge on any atom is 0.165 e. The second-order valence-electron chi connectivity index (χ2n) is 8.35. The van der Waals surface area contributed by atoms with Crippen molar-refractivity contribution in [3.05, 3.63) is 47.8 Å². The number of hydrogen-bond donors (Lipinski definition) is 1. The molecule has 1 N–H and O–H groups in total. The van der Waals surface area contributed by atoms with Gasteiger partial charge in [-0.15, -0.1) is 0 Å². The lowest BCUT2D eigenvalue weighted by atomic mass is 9.92. The van der Waals surface area contributed by atoms with Crippen molar-refractivity contribution >= 4 is 11.5 Å². The van der Waals surface area contributed by atoms with E-state index in [2.05, 4.69) is 63.3 Å². The lowest BCUT2D eigenvalue weighted by molar-refractivity contribution is 0.120. The first-order chi connectivity index (χ1) is 12.9. The zero-order valence-electron chi connectivity index (χ0n) is 16.6. The van der Waals surface area contributed by atoms with Crippen molar-refractivity contribution < 1.29 is 4.74 Å². The SMILES string of the molecule is Cc1nn2c(NC[C@@H]3CCCO3)cc(C(C)(C)C)nc2c1-c1ccccc1. The van der Waals surface area contributed by atoms with Gasteiger partial charge in [-0.3, -0.25) is 0 Å². The molecule has 0 radical (unpaired) electrons. The first-order valence-electron chi connectivity index (χ1n) is 9.75. The maximum atomic E-state index is 5.77. The van der Waals surface area contributed by atoms with E-state index >= 15 is 0 Å². The molecule has 3 heterocycles. The predicted octanol–water partition coefficient (Wildman–Crippen LogP) is 4.59. The van der Waals surface area contributed by atoms with Crippen molar-refractivity contribution in [2.24, 2.45) is 0 Å². The van der Waals surface area contributed by atoms with E-state index in [4.69, 9.17) is 14.8 Å². The fourth-order valence-corrected chi connectivity index (χ4v) is 3.60. The van der Waals surface area contributed by atoms with Gasteiger partial charge in [0.05, 0.1) is 17.5 Å². The zero-order valence-corrected chi connectivity index (χ0v) is 16.6. The highest BCUT2D eigenvalue weighted by Gasteiger charge is 2.23. The molecule has 1 fully saturated rings. The summed E-state index contributed by atoms with van der Waals surface area (Å²) in [6.07, 6.45) is 2.53. The van der Waals surface area contributed by atoms with E-state index < -0.39 is 0 Å². The highest BCUT2D eigenvalue weighted by atomic mass is 16.5. The van der Waals surface area contributed by atoms with E-state index in [1.807, 2.05) is 10.6 Å². The monoisotopic (exact) mass is 364 g/mol. The topological polar surface area (TPSA) is 51.5 Å². The Hall–Kier alpha value is -2.40. The van der Waals surface area contributed by atoms with E-state index in [0.717, 1.165) is 60.0 Å². The predicted molar refractivity (Wildman–Crippen MR) is 109 cm³/mol. The first kappa shape index (κ1) is 18.0. The van der Waals surface area contributed by atoms with Gasteiger partial charge in [0.25, 0.3) is 0 Å². The van der Waals surface area contributed by atoms with E-state index in [-0.39, 0.29) is 11.5 Å². The molecule has 0 bridgehead atoms. The van der Waals surface area contributed by atoms with Crippen LogP contribution in [-0.2, 0) is 10.2 Å². The normalized spacial score (nSPS) is 17.6. The molecule has 0 spiro atoms. The summed E-state index contributed by atoms with van der Waals surface area (Å²) < 4.78 is 7.72. The van der Waals surface area contributed by atoms with Gasteiger partial charge in [-0.1, -0.05) is 51.1 Å². The van der Waals surface area contributed by atoms with Gasteiger partial charge in [-0.2, -0.15) is 9.61 Å². The third-order valence-electron chi connectivity index (χ3n) is 5.13. The van der Waals surface area contributed by atoms with Gasteiger partial charge < -0.3 is 10.1 Å². The van der Waals surface area contributed by atoms with Crippen LogP contribution in [0.2, 0.25) is 0 Å². The van der Waals surface area contributed by atoms with E-state index in [1.54, 1.807) is 0 Å². The van der Waals surface area contributed by atoms with E-state index in [9.17, 15) is 0 Å². The third kappa shape index (κ3) is 3.56. The molecule has 0 amide bonds. The lowest BCUT2D eigenvalue weighted by Gasteiger charge is -2.20. The van der Waals surface area contributed by atoms with Crippen molar-refractivity contribution in [1.29, 1.82) is 0 Å². The van der Waals surface area contributed by atoms with Gasteiger partial charge in [0, 0.05) is 30.2 Å². The van der Waals surface area contributed by atoms with Crippen LogP contribution in [0.15, 0.2) is 36.4 Å². The van der Waals surface area contributed by atoms with Gasteiger partial charge in [-0.25, -0.2) is 4.98 Å². The molecule has 4 rings (SSSR count). The molecule has 2 aromatic heterocycles. The summed E-state index contributed by atoms with van der Waals surface area (Å²) in [4.78, 5) is 5.01. The molecule has 1 aliphatic rings.